The Hall–Kier alpha value is -2.50. The molecule has 0 saturated heterocycles. The summed E-state index contributed by atoms with van der Waals surface area (Å²) in [6, 6.07) is 4.69. The minimum Gasteiger partial charge on any atom is -0.497 e. The summed E-state index contributed by atoms with van der Waals surface area (Å²) in [5.74, 6) is -0.167. The number of ether oxygens (including phenoxy) is 1. The van der Waals surface area contributed by atoms with Crippen molar-refractivity contribution in [3.8, 4) is 5.75 Å². The topological polar surface area (TPSA) is 94.6 Å². The lowest BCUT2D eigenvalue weighted by molar-refractivity contribution is -0.126. The van der Waals surface area contributed by atoms with E-state index in [1.165, 1.54) is 6.26 Å². The molecule has 0 spiro atoms. The highest BCUT2D eigenvalue weighted by atomic mass is 16.5. The number of rotatable bonds is 5. The number of nitrogens with one attached hydrogen (secondary N) is 1. The Morgan fingerprint density at radius 2 is 2.20 bits per heavy atom. The van der Waals surface area contributed by atoms with E-state index in [1.807, 2.05) is 6.07 Å². The Morgan fingerprint density at radius 3 is 2.85 bits per heavy atom. The maximum atomic E-state index is 11.8. The van der Waals surface area contributed by atoms with Gasteiger partial charge < -0.3 is 20.2 Å². The molecule has 20 heavy (non-hydrogen) atoms. The zero-order chi connectivity index (χ0) is 14.7. The number of hydrogen-bond acceptors (Lipinski definition) is 4. The summed E-state index contributed by atoms with van der Waals surface area (Å²) in [6.07, 6.45) is 1.65. The zero-order valence-electron chi connectivity index (χ0n) is 11.3. The summed E-state index contributed by atoms with van der Waals surface area (Å²) in [5, 5.41) is 3.37. The molecule has 3 N–H and O–H groups in total. The van der Waals surface area contributed by atoms with E-state index in [0.717, 1.165) is 10.9 Å². The van der Waals surface area contributed by atoms with Crippen molar-refractivity contribution >= 4 is 22.8 Å². The van der Waals surface area contributed by atoms with Crippen LogP contribution in [-0.4, -0.2) is 25.0 Å². The van der Waals surface area contributed by atoms with Crippen LogP contribution in [0.4, 0.5) is 0 Å². The van der Waals surface area contributed by atoms with Crippen molar-refractivity contribution in [2.24, 2.45) is 5.73 Å². The molecule has 6 heteroatoms. The van der Waals surface area contributed by atoms with Gasteiger partial charge in [0, 0.05) is 17.0 Å². The molecule has 2 aromatic rings. The Bertz CT molecular complexity index is 648. The van der Waals surface area contributed by atoms with Gasteiger partial charge in [0.15, 0.2) is 0 Å². The van der Waals surface area contributed by atoms with Crippen LogP contribution < -0.4 is 15.8 Å². The molecule has 0 aliphatic heterocycles. The predicted octanol–water partition coefficient (Wildman–Crippen LogP) is 0.974. The van der Waals surface area contributed by atoms with Gasteiger partial charge in [-0.3, -0.25) is 9.59 Å². The number of carbonyl (C=O) groups is 2. The van der Waals surface area contributed by atoms with Gasteiger partial charge in [0.05, 0.1) is 19.8 Å². The third kappa shape index (κ3) is 2.90. The van der Waals surface area contributed by atoms with Crippen LogP contribution in [0.2, 0.25) is 0 Å². The SMILES string of the molecule is COc1ccc2c(CC(=O)N[C@@H](C)C(N)=O)coc2c1. The summed E-state index contributed by atoms with van der Waals surface area (Å²) in [7, 11) is 1.57. The third-order valence-corrected chi connectivity index (χ3v) is 3.02. The van der Waals surface area contributed by atoms with Crippen molar-refractivity contribution < 1.29 is 18.7 Å². The molecule has 0 saturated carbocycles. The van der Waals surface area contributed by atoms with E-state index in [4.69, 9.17) is 14.9 Å². The first-order chi connectivity index (χ1) is 9.51. The second-order valence-electron chi connectivity index (χ2n) is 4.49. The molecule has 1 atom stereocenters. The lowest BCUT2D eigenvalue weighted by Gasteiger charge is -2.09. The molecule has 2 rings (SSSR count). The van der Waals surface area contributed by atoms with Crippen molar-refractivity contribution in [3.63, 3.8) is 0 Å². The normalized spacial score (nSPS) is 12.1. The molecule has 6 nitrogen and oxygen atoms in total. The molecule has 0 aliphatic carbocycles. The van der Waals surface area contributed by atoms with Crippen molar-refractivity contribution in [1.29, 1.82) is 0 Å². The van der Waals surface area contributed by atoms with E-state index in [-0.39, 0.29) is 12.3 Å². The standard InChI is InChI=1S/C14H16N2O4/c1-8(14(15)18)16-13(17)5-9-7-20-12-6-10(19-2)3-4-11(9)12/h3-4,6-8H,5H2,1-2H3,(H2,15,18)(H,16,17)/t8-/m0/s1. The van der Waals surface area contributed by atoms with E-state index < -0.39 is 11.9 Å². The second-order valence-corrected chi connectivity index (χ2v) is 4.49. The molecule has 0 unspecified atom stereocenters. The monoisotopic (exact) mass is 276 g/mol. The van der Waals surface area contributed by atoms with Crippen LogP contribution in [0.5, 0.6) is 5.75 Å². The molecule has 1 aromatic heterocycles. The Balaban J connectivity index is 2.14. The number of carbonyl (C=O) groups excluding carboxylic acids is 2. The number of methoxy groups -OCH3 is 1. The van der Waals surface area contributed by atoms with Crippen molar-refractivity contribution in [2.45, 2.75) is 19.4 Å². The molecule has 0 aliphatic rings. The molecule has 106 valence electrons. The summed E-state index contributed by atoms with van der Waals surface area (Å²) in [6.45, 7) is 1.54. The average Bonchev–Trinajstić information content (AvgIpc) is 2.80. The van der Waals surface area contributed by atoms with Crippen LogP contribution in [0.15, 0.2) is 28.9 Å². The van der Waals surface area contributed by atoms with Crippen LogP contribution >= 0.6 is 0 Å². The second kappa shape index (κ2) is 5.64. The first-order valence-corrected chi connectivity index (χ1v) is 6.14. The fourth-order valence-electron chi connectivity index (χ4n) is 1.86. The highest BCUT2D eigenvalue weighted by Gasteiger charge is 2.15. The van der Waals surface area contributed by atoms with Gasteiger partial charge in [0.25, 0.3) is 0 Å². The maximum Gasteiger partial charge on any atom is 0.239 e. The molecule has 0 bridgehead atoms. The first-order valence-electron chi connectivity index (χ1n) is 6.14. The summed E-state index contributed by atoms with van der Waals surface area (Å²) < 4.78 is 10.5. The van der Waals surface area contributed by atoms with Crippen LogP contribution in [-0.2, 0) is 16.0 Å². The fraction of sp³-hybridized carbons (Fsp3) is 0.286. The van der Waals surface area contributed by atoms with E-state index in [0.29, 0.717) is 11.3 Å². The minimum absolute atomic E-state index is 0.122. The van der Waals surface area contributed by atoms with Crippen LogP contribution in [0, 0.1) is 0 Å². The maximum absolute atomic E-state index is 11.8. The van der Waals surface area contributed by atoms with Gasteiger partial charge in [0.1, 0.15) is 17.4 Å². The lowest BCUT2D eigenvalue weighted by atomic mass is 10.1. The van der Waals surface area contributed by atoms with Gasteiger partial charge in [-0.1, -0.05) is 0 Å². The molecule has 0 fully saturated rings. The Morgan fingerprint density at radius 1 is 1.45 bits per heavy atom. The largest absolute Gasteiger partial charge is 0.497 e. The predicted molar refractivity (Wildman–Crippen MR) is 73.3 cm³/mol. The van der Waals surface area contributed by atoms with Gasteiger partial charge >= 0.3 is 0 Å². The number of nitrogens with two attached hydrogens (primary N) is 1. The third-order valence-electron chi connectivity index (χ3n) is 3.02. The molecule has 1 aromatic carbocycles. The number of fused-ring (bicyclic) bond motifs is 1. The van der Waals surface area contributed by atoms with Gasteiger partial charge in [-0.25, -0.2) is 0 Å². The summed E-state index contributed by atoms with van der Waals surface area (Å²) in [4.78, 5) is 22.7. The van der Waals surface area contributed by atoms with Gasteiger partial charge in [0.2, 0.25) is 11.8 Å². The molecule has 1 heterocycles. The van der Waals surface area contributed by atoms with E-state index >= 15 is 0 Å². The number of hydrogen-bond donors (Lipinski definition) is 2. The summed E-state index contributed by atoms with van der Waals surface area (Å²) >= 11 is 0. The Labute approximate surface area is 115 Å². The summed E-state index contributed by atoms with van der Waals surface area (Å²) in [5.41, 5.74) is 6.49. The van der Waals surface area contributed by atoms with Crippen LogP contribution in [0.3, 0.4) is 0 Å². The zero-order valence-corrected chi connectivity index (χ0v) is 11.3. The number of benzene rings is 1. The van der Waals surface area contributed by atoms with Crippen molar-refractivity contribution in [3.05, 3.63) is 30.0 Å². The molecule has 2 amide bonds. The molecular weight excluding hydrogens is 260 g/mol. The smallest absolute Gasteiger partial charge is 0.239 e. The highest BCUT2D eigenvalue weighted by Crippen LogP contribution is 2.25. The van der Waals surface area contributed by atoms with Crippen LogP contribution in [0.25, 0.3) is 11.0 Å². The average molecular weight is 276 g/mol. The number of primary amides is 1. The number of furan rings is 1. The minimum atomic E-state index is -0.694. The highest BCUT2D eigenvalue weighted by molar-refractivity contribution is 5.90. The lowest BCUT2D eigenvalue weighted by Crippen LogP contribution is -2.42. The quantitative estimate of drug-likeness (QED) is 0.850. The van der Waals surface area contributed by atoms with Crippen LogP contribution in [0.1, 0.15) is 12.5 Å². The first kappa shape index (κ1) is 13.9. The number of amides is 2. The van der Waals surface area contributed by atoms with E-state index in [2.05, 4.69) is 5.32 Å². The Kier molecular flexibility index (Phi) is 3.93. The van der Waals surface area contributed by atoms with Crippen molar-refractivity contribution in [1.82, 2.24) is 5.32 Å². The fourth-order valence-corrected chi connectivity index (χ4v) is 1.86. The van der Waals surface area contributed by atoms with E-state index in [9.17, 15) is 9.59 Å². The van der Waals surface area contributed by atoms with E-state index in [1.54, 1.807) is 26.2 Å². The van der Waals surface area contributed by atoms with Gasteiger partial charge in [-0.15, -0.1) is 0 Å². The van der Waals surface area contributed by atoms with Gasteiger partial charge in [-0.2, -0.15) is 0 Å². The molecular formula is C14H16N2O4. The van der Waals surface area contributed by atoms with Crippen molar-refractivity contribution in [2.75, 3.05) is 7.11 Å². The molecule has 0 radical (unpaired) electrons. The van der Waals surface area contributed by atoms with Gasteiger partial charge in [-0.05, 0) is 19.1 Å².